The summed E-state index contributed by atoms with van der Waals surface area (Å²) >= 11 is 0. The zero-order valence-electron chi connectivity index (χ0n) is 5.70. The molecule has 0 unspecified atom stereocenters. The van der Waals surface area contributed by atoms with Crippen molar-refractivity contribution in [3.63, 3.8) is 0 Å². The summed E-state index contributed by atoms with van der Waals surface area (Å²) in [5.74, 6) is 0. The minimum Gasteiger partial charge on any atom is -0.103 e. The van der Waals surface area contributed by atoms with E-state index < -0.39 is 0 Å². The van der Waals surface area contributed by atoms with Crippen molar-refractivity contribution in [3.8, 4) is 0 Å². The lowest BCUT2D eigenvalue weighted by molar-refractivity contribution is 0.886. The van der Waals surface area contributed by atoms with Gasteiger partial charge in [0.25, 0.3) is 0 Å². The Labute approximate surface area is 54.6 Å². The Morgan fingerprint density at radius 1 is 1.25 bits per heavy atom. The fourth-order valence-electron chi connectivity index (χ4n) is 0. The molecule has 0 aliphatic heterocycles. The Morgan fingerprint density at radius 2 is 1.38 bits per heavy atom. The molecule has 0 amide bonds. The third-order valence-corrected chi connectivity index (χ3v) is 0.500. The van der Waals surface area contributed by atoms with Gasteiger partial charge in [-0.25, -0.2) is 0 Å². The normalized spacial score (nSPS) is 5.38. The van der Waals surface area contributed by atoms with Crippen LogP contribution in [0.3, 0.4) is 0 Å². The summed E-state index contributed by atoms with van der Waals surface area (Å²) in [6, 6.07) is 0. The fraction of sp³-hybridized carbons (Fsp3) is 0.750. The van der Waals surface area contributed by atoms with Crippen LogP contribution < -0.4 is 0 Å². The van der Waals surface area contributed by atoms with E-state index in [4.69, 9.17) is 0 Å². The van der Waals surface area contributed by atoms with Crippen molar-refractivity contribution in [2.45, 2.75) is 41.0 Å². The van der Waals surface area contributed by atoms with Gasteiger partial charge in [0.15, 0.2) is 0 Å². The lowest BCUT2D eigenvalue weighted by atomic mass is 10.4. The molecule has 0 fully saturated rings. The quantitative estimate of drug-likeness (QED) is 0.459. The second-order valence-electron chi connectivity index (χ2n) is 1.41. The highest BCUT2D eigenvalue weighted by atomic mass is 13.6. The summed E-state index contributed by atoms with van der Waals surface area (Å²) in [5.41, 5.74) is 0. The molecule has 0 aliphatic carbocycles. The molecule has 0 atom stereocenters. The molecule has 8 heavy (non-hydrogen) atoms. The van der Waals surface area contributed by atoms with E-state index in [2.05, 4.69) is 20.4 Å². The molecule has 0 aliphatic rings. The molecule has 0 spiro atoms. The van der Waals surface area contributed by atoms with Crippen LogP contribution in [-0.2, 0) is 0 Å². The van der Waals surface area contributed by atoms with Gasteiger partial charge in [0.2, 0.25) is 0 Å². The highest BCUT2D eigenvalue weighted by molar-refractivity contribution is 4.51. The standard InChI is InChI=1S/C4H10.C3H6.CH4/c1-3-4-2;1-3-2;/h3-4H2,1-2H3;3H,1H2,2H3;1H4. The van der Waals surface area contributed by atoms with Crippen molar-refractivity contribution in [2.75, 3.05) is 0 Å². The summed E-state index contributed by atoms with van der Waals surface area (Å²) in [6.45, 7) is 9.61. The van der Waals surface area contributed by atoms with Crippen molar-refractivity contribution in [3.05, 3.63) is 12.7 Å². The van der Waals surface area contributed by atoms with Gasteiger partial charge in [-0.2, -0.15) is 0 Å². The number of allylic oxidation sites excluding steroid dienone is 1. The highest BCUT2D eigenvalue weighted by Crippen LogP contribution is 1.76. The van der Waals surface area contributed by atoms with Crippen LogP contribution in [-0.4, -0.2) is 0 Å². The Bertz CT molecular complexity index is 19.2. The molecule has 0 aromatic heterocycles. The Hall–Kier alpha value is -0.260. The Morgan fingerprint density at radius 3 is 1.38 bits per heavy atom. The molecule has 0 N–H and O–H groups in total. The van der Waals surface area contributed by atoms with Crippen molar-refractivity contribution in [1.82, 2.24) is 0 Å². The van der Waals surface area contributed by atoms with Gasteiger partial charge in [0, 0.05) is 0 Å². The molecule has 0 heteroatoms. The van der Waals surface area contributed by atoms with Crippen LogP contribution in [0.15, 0.2) is 12.7 Å². The third kappa shape index (κ3) is 236. The molecule has 0 aromatic carbocycles. The number of hydrogen-bond donors (Lipinski definition) is 0. The maximum atomic E-state index is 3.36. The first-order valence-electron chi connectivity index (χ1n) is 2.90. The van der Waals surface area contributed by atoms with Gasteiger partial charge < -0.3 is 0 Å². The summed E-state index contributed by atoms with van der Waals surface area (Å²) in [7, 11) is 0. The molecule has 0 radical (unpaired) electrons. The summed E-state index contributed by atoms with van der Waals surface area (Å²) in [6.07, 6.45) is 4.39. The molecule has 0 aromatic rings. The average molecular weight is 116 g/mol. The Kier molecular flexibility index (Phi) is 57.9. The maximum Gasteiger partial charge on any atom is -0.0473 e. The minimum atomic E-state index is 0. The molecule has 0 saturated heterocycles. The Balaban J connectivity index is -0.0000000575. The average Bonchev–Trinajstić information content (AvgIpc) is 1.69. The molecule has 0 rings (SSSR count). The SMILES string of the molecule is C.C=CC.CCCC. The van der Waals surface area contributed by atoms with Crippen molar-refractivity contribution >= 4 is 0 Å². The van der Waals surface area contributed by atoms with Crippen molar-refractivity contribution in [2.24, 2.45) is 0 Å². The largest absolute Gasteiger partial charge is 0.103 e. The van der Waals surface area contributed by atoms with Crippen LogP contribution in [0.5, 0.6) is 0 Å². The van der Waals surface area contributed by atoms with E-state index in [0.29, 0.717) is 0 Å². The summed E-state index contributed by atoms with van der Waals surface area (Å²) < 4.78 is 0. The van der Waals surface area contributed by atoms with Crippen LogP contribution in [0, 0.1) is 0 Å². The number of unbranched alkanes of at least 4 members (excludes halogenated alkanes) is 1. The topological polar surface area (TPSA) is 0 Å². The monoisotopic (exact) mass is 116 g/mol. The second-order valence-corrected chi connectivity index (χ2v) is 1.41. The summed E-state index contributed by atoms with van der Waals surface area (Å²) in [4.78, 5) is 0. The minimum absolute atomic E-state index is 0. The lowest BCUT2D eigenvalue weighted by Crippen LogP contribution is -1.47. The molecule has 52 valence electrons. The van der Waals surface area contributed by atoms with Gasteiger partial charge in [-0.1, -0.05) is 40.2 Å². The van der Waals surface area contributed by atoms with E-state index in [1.807, 2.05) is 6.92 Å². The summed E-state index contributed by atoms with van der Waals surface area (Å²) in [5, 5.41) is 0. The van der Waals surface area contributed by atoms with Gasteiger partial charge in [-0.05, 0) is 6.92 Å². The van der Waals surface area contributed by atoms with E-state index in [-0.39, 0.29) is 7.43 Å². The molecule has 0 bridgehead atoms. The molecular weight excluding hydrogens is 96.1 g/mol. The van der Waals surface area contributed by atoms with Gasteiger partial charge in [0.1, 0.15) is 0 Å². The van der Waals surface area contributed by atoms with Crippen LogP contribution in [0.4, 0.5) is 0 Å². The van der Waals surface area contributed by atoms with E-state index in [1.54, 1.807) is 6.08 Å². The predicted octanol–water partition coefficient (Wildman–Crippen LogP) is 3.63. The molecule has 0 saturated carbocycles. The van der Waals surface area contributed by atoms with Gasteiger partial charge >= 0.3 is 0 Å². The number of hydrogen-bond acceptors (Lipinski definition) is 0. The van der Waals surface area contributed by atoms with Crippen LogP contribution in [0.1, 0.15) is 41.0 Å². The maximum absolute atomic E-state index is 3.36. The van der Waals surface area contributed by atoms with Crippen LogP contribution >= 0.6 is 0 Å². The second kappa shape index (κ2) is 29.6. The van der Waals surface area contributed by atoms with Gasteiger partial charge in [-0.15, -0.1) is 6.58 Å². The first kappa shape index (κ1) is 15.6. The van der Waals surface area contributed by atoms with Crippen molar-refractivity contribution < 1.29 is 0 Å². The number of rotatable bonds is 1. The van der Waals surface area contributed by atoms with Crippen LogP contribution in [0.25, 0.3) is 0 Å². The van der Waals surface area contributed by atoms with E-state index in [1.165, 1.54) is 12.8 Å². The smallest absolute Gasteiger partial charge is 0.0473 e. The van der Waals surface area contributed by atoms with E-state index >= 15 is 0 Å². The molecule has 0 heterocycles. The van der Waals surface area contributed by atoms with Gasteiger partial charge in [0.05, 0.1) is 0 Å². The molecular formula is C8H20. The van der Waals surface area contributed by atoms with E-state index in [0.717, 1.165) is 0 Å². The zero-order valence-corrected chi connectivity index (χ0v) is 5.70. The zero-order chi connectivity index (χ0) is 6.12. The van der Waals surface area contributed by atoms with Crippen molar-refractivity contribution in [1.29, 1.82) is 0 Å². The molecule has 0 nitrogen and oxygen atoms in total. The highest BCUT2D eigenvalue weighted by Gasteiger charge is 1.56. The van der Waals surface area contributed by atoms with Crippen LogP contribution in [0.2, 0.25) is 0 Å². The predicted molar refractivity (Wildman–Crippen MR) is 43.2 cm³/mol. The van der Waals surface area contributed by atoms with Gasteiger partial charge in [-0.3, -0.25) is 0 Å². The third-order valence-electron chi connectivity index (χ3n) is 0.500. The van der Waals surface area contributed by atoms with E-state index in [9.17, 15) is 0 Å². The lowest BCUT2D eigenvalue weighted by Gasteiger charge is -1.68. The first-order chi connectivity index (χ1) is 3.33. The fourth-order valence-corrected chi connectivity index (χ4v) is 0. The first-order valence-corrected chi connectivity index (χ1v) is 2.90.